The molecule has 1 aliphatic carbocycles. The molecule has 0 radical (unpaired) electrons. The first-order chi connectivity index (χ1) is 13.3. The lowest BCUT2D eigenvalue weighted by molar-refractivity contribution is -0.126. The van der Waals surface area contributed by atoms with Crippen LogP contribution >= 0.6 is 0 Å². The Balaban J connectivity index is 1.59. The molecule has 1 atom stereocenters. The highest BCUT2D eigenvalue weighted by molar-refractivity contribution is 6.04. The van der Waals surface area contributed by atoms with Crippen LogP contribution in [-0.4, -0.2) is 27.7 Å². The van der Waals surface area contributed by atoms with Gasteiger partial charge in [-0.3, -0.25) is 14.6 Å². The van der Waals surface area contributed by atoms with E-state index in [9.17, 15) is 9.59 Å². The maximum Gasteiger partial charge on any atom is 0.255 e. The number of rotatable bonds is 4. The van der Waals surface area contributed by atoms with Crippen molar-refractivity contribution in [1.82, 2.24) is 15.2 Å². The molecule has 1 aliphatic heterocycles. The van der Waals surface area contributed by atoms with Crippen LogP contribution in [0.25, 0.3) is 0 Å². The fourth-order valence-electron chi connectivity index (χ4n) is 4.31. The highest BCUT2D eigenvalue weighted by Gasteiger charge is 2.44. The van der Waals surface area contributed by atoms with E-state index in [1.165, 1.54) is 12.8 Å². The molecular weight excluding hydrogens is 338 g/mol. The zero-order valence-corrected chi connectivity index (χ0v) is 15.4. The highest BCUT2D eigenvalue weighted by Crippen LogP contribution is 2.38. The summed E-state index contributed by atoms with van der Waals surface area (Å²) in [6.07, 6.45) is 10.1. The van der Waals surface area contributed by atoms with Crippen molar-refractivity contribution in [3.8, 4) is 0 Å². The van der Waals surface area contributed by atoms with E-state index < -0.39 is 6.04 Å². The summed E-state index contributed by atoms with van der Waals surface area (Å²) in [5.41, 5.74) is 2.45. The molecule has 1 N–H and O–H groups in total. The van der Waals surface area contributed by atoms with Crippen LogP contribution in [-0.2, 0) is 11.3 Å². The molecule has 0 saturated heterocycles. The van der Waals surface area contributed by atoms with Crippen LogP contribution in [0.2, 0.25) is 0 Å². The second kappa shape index (κ2) is 7.91. The molecule has 1 fully saturated rings. The van der Waals surface area contributed by atoms with E-state index in [0.717, 1.165) is 36.8 Å². The van der Waals surface area contributed by atoms with Crippen LogP contribution in [0.3, 0.4) is 0 Å². The molecule has 5 nitrogen and oxygen atoms in total. The van der Waals surface area contributed by atoms with E-state index in [0.29, 0.717) is 12.1 Å². The van der Waals surface area contributed by atoms with Gasteiger partial charge in [-0.15, -0.1) is 0 Å². The van der Waals surface area contributed by atoms with Crippen molar-refractivity contribution in [2.24, 2.45) is 0 Å². The molecule has 27 heavy (non-hydrogen) atoms. The van der Waals surface area contributed by atoms with E-state index in [4.69, 9.17) is 0 Å². The molecule has 1 aromatic carbocycles. The van der Waals surface area contributed by atoms with Crippen molar-refractivity contribution in [1.29, 1.82) is 0 Å². The molecule has 0 bridgehead atoms. The smallest absolute Gasteiger partial charge is 0.255 e. The van der Waals surface area contributed by atoms with Crippen LogP contribution in [0.5, 0.6) is 0 Å². The number of nitrogens with zero attached hydrogens (tertiary/aromatic N) is 2. The van der Waals surface area contributed by atoms with E-state index in [-0.39, 0.29) is 17.9 Å². The van der Waals surface area contributed by atoms with Gasteiger partial charge in [0.15, 0.2) is 0 Å². The molecule has 1 saturated carbocycles. The zero-order chi connectivity index (χ0) is 18.6. The molecule has 2 amide bonds. The summed E-state index contributed by atoms with van der Waals surface area (Å²) in [6.45, 7) is 0.415. The average Bonchev–Trinajstić information content (AvgIpc) is 2.87. The van der Waals surface area contributed by atoms with Gasteiger partial charge in [0.25, 0.3) is 5.91 Å². The van der Waals surface area contributed by atoms with Crippen LogP contribution in [0.4, 0.5) is 0 Å². The lowest BCUT2D eigenvalue weighted by atomic mass is 10.0. The predicted octanol–water partition coefficient (Wildman–Crippen LogP) is 3.62. The van der Waals surface area contributed by atoms with Crippen molar-refractivity contribution in [2.45, 2.75) is 57.2 Å². The van der Waals surface area contributed by atoms with Gasteiger partial charge < -0.3 is 10.2 Å². The molecular formula is C22H25N3O2. The third kappa shape index (κ3) is 3.59. The maximum absolute atomic E-state index is 13.1. The second-order valence-corrected chi connectivity index (χ2v) is 7.43. The summed E-state index contributed by atoms with van der Waals surface area (Å²) in [4.78, 5) is 32.2. The fourth-order valence-corrected chi connectivity index (χ4v) is 4.31. The van der Waals surface area contributed by atoms with Crippen LogP contribution in [0.1, 0.15) is 66.1 Å². The molecule has 2 aliphatic rings. The average molecular weight is 363 g/mol. The first-order valence-corrected chi connectivity index (χ1v) is 9.84. The van der Waals surface area contributed by atoms with Gasteiger partial charge in [-0.2, -0.15) is 0 Å². The summed E-state index contributed by atoms with van der Waals surface area (Å²) in [7, 11) is 0. The summed E-state index contributed by atoms with van der Waals surface area (Å²) in [5.74, 6) is -0.111. The minimum atomic E-state index is -0.534. The minimum absolute atomic E-state index is 0.000900. The van der Waals surface area contributed by atoms with Gasteiger partial charge in [0, 0.05) is 30.5 Å². The Morgan fingerprint density at radius 1 is 1.07 bits per heavy atom. The molecule has 5 heteroatoms. The molecule has 2 aromatic rings. The topological polar surface area (TPSA) is 62.3 Å². The molecule has 140 valence electrons. The third-order valence-corrected chi connectivity index (χ3v) is 5.65. The van der Waals surface area contributed by atoms with Crippen molar-refractivity contribution < 1.29 is 9.59 Å². The largest absolute Gasteiger partial charge is 0.350 e. The van der Waals surface area contributed by atoms with Crippen molar-refractivity contribution in [3.05, 3.63) is 65.5 Å². The Bertz CT molecular complexity index is 813. The molecule has 0 unspecified atom stereocenters. The third-order valence-electron chi connectivity index (χ3n) is 5.65. The highest BCUT2D eigenvalue weighted by atomic mass is 16.2. The lowest BCUT2D eigenvalue weighted by Crippen LogP contribution is -2.44. The van der Waals surface area contributed by atoms with Crippen molar-refractivity contribution >= 4 is 11.8 Å². The number of amides is 2. The van der Waals surface area contributed by atoms with Gasteiger partial charge >= 0.3 is 0 Å². The van der Waals surface area contributed by atoms with Gasteiger partial charge in [0.05, 0.1) is 0 Å². The van der Waals surface area contributed by atoms with Gasteiger partial charge in [-0.1, -0.05) is 49.9 Å². The number of nitrogens with one attached hydrogen (secondary N) is 1. The normalized spacial score (nSPS) is 20.2. The predicted molar refractivity (Wildman–Crippen MR) is 103 cm³/mol. The Kier molecular flexibility index (Phi) is 5.19. The summed E-state index contributed by atoms with van der Waals surface area (Å²) in [6, 6.07) is 10.9. The zero-order valence-electron chi connectivity index (χ0n) is 15.4. The maximum atomic E-state index is 13.1. The quantitative estimate of drug-likeness (QED) is 0.844. The number of aromatic nitrogens is 1. The van der Waals surface area contributed by atoms with E-state index in [1.807, 2.05) is 41.3 Å². The Hall–Kier alpha value is -2.69. The lowest BCUT2D eigenvalue weighted by Gasteiger charge is -2.32. The molecule has 2 heterocycles. The van der Waals surface area contributed by atoms with Gasteiger partial charge in [0.2, 0.25) is 5.91 Å². The summed E-state index contributed by atoms with van der Waals surface area (Å²) >= 11 is 0. The van der Waals surface area contributed by atoms with Gasteiger partial charge in [-0.25, -0.2) is 0 Å². The SMILES string of the molecule is O=C(NCc1cccnc1)[C@H]1c2ccccc2C(=O)N1C1CCCCCC1. The van der Waals surface area contributed by atoms with E-state index in [1.54, 1.807) is 12.4 Å². The number of fused-ring (bicyclic) bond motifs is 1. The van der Waals surface area contributed by atoms with E-state index >= 15 is 0 Å². The summed E-state index contributed by atoms with van der Waals surface area (Å²) < 4.78 is 0. The number of carbonyl (C=O) groups is 2. The minimum Gasteiger partial charge on any atom is -0.350 e. The second-order valence-electron chi connectivity index (χ2n) is 7.43. The molecule has 4 rings (SSSR count). The van der Waals surface area contributed by atoms with Crippen molar-refractivity contribution in [2.75, 3.05) is 0 Å². The number of benzene rings is 1. The Labute approximate surface area is 159 Å². The van der Waals surface area contributed by atoms with Gasteiger partial charge in [-0.05, 0) is 36.1 Å². The van der Waals surface area contributed by atoms with Crippen LogP contribution in [0.15, 0.2) is 48.8 Å². The standard InChI is InChI=1S/C22H25N3O2/c26-21(24-15-16-8-7-13-23-14-16)20-18-11-5-6-12-19(18)22(27)25(20)17-9-3-1-2-4-10-17/h5-8,11-14,17,20H,1-4,9-10,15H2,(H,24,26)/t20-/m1/s1. The number of hydrogen-bond acceptors (Lipinski definition) is 3. The van der Waals surface area contributed by atoms with E-state index in [2.05, 4.69) is 10.3 Å². The molecule has 0 spiro atoms. The monoisotopic (exact) mass is 363 g/mol. The first kappa shape index (κ1) is 17.7. The van der Waals surface area contributed by atoms with Crippen LogP contribution in [0, 0.1) is 0 Å². The Morgan fingerprint density at radius 3 is 2.59 bits per heavy atom. The number of hydrogen-bond donors (Lipinski definition) is 1. The fraction of sp³-hybridized carbons (Fsp3) is 0.409. The van der Waals surface area contributed by atoms with Crippen molar-refractivity contribution in [3.63, 3.8) is 0 Å². The van der Waals surface area contributed by atoms with Crippen LogP contribution < -0.4 is 5.32 Å². The Morgan fingerprint density at radius 2 is 1.85 bits per heavy atom. The summed E-state index contributed by atoms with van der Waals surface area (Å²) in [5, 5.41) is 3.01. The molecule has 1 aromatic heterocycles. The number of pyridine rings is 1. The van der Waals surface area contributed by atoms with Gasteiger partial charge in [0.1, 0.15) is 6.04 Å². The number of carbonyl (C=O) groups excluding carboxylic acids is 2. The first-order valence-electron chi connectivity index (χ1n) is 9.84.